The molecule has 0 aromatic carbocycles. The maximum absolute atomic E-state index is 1.88. The summed E-state index contributed by atoms with van der Waals surface area (Å²) in [6.07, 6.45) is 8.93. The Morgan fingerprint density at radius 2 is 0.483 bits per heavy atom. The molecule has 35 aliphatic carbocycles. The van der Waals surface area contributed by atoms with E-state index in [9.17, 15) is 0 Å². The standard InChI is InChI=1S/C58H48/c1-6-2-10-19-28-26-16-15-17-8(14-23(16)47(26)24(14)27-18-9(1)44(6,10)48(18,19)51(27,28)47)5-13-22-31-35-39-41-37-33-29-20-11-3-7-4-12-21-30-34-38-42-43-40-36-32-25(15)46(13,17)50(22,32)53(31,36)55(35,40)57(39,43)58(41,42)56(37,38)54(33,34)52(29,30)49(20,21)45(7,11)12/h6-43H,1-5H2. The van der Waals surface area contributed by atoms with Crippen LogP contribution in [0, 0.1) is 306 Å². The van der Waals surface area contributed by atoms with Gasteiger partial charge in [-0.15, -0.1) is 0 Å². The Bertz CT molecular complexity index is 3220. The van der Waals surface area contributed by atoms with Crippen LogP contribution in [0.15, 0.2) is 0 Å². The van der Waals surface area contributed by atoms with E-state index in [1.807, 2.05) is 6.42 Å². The minimum atomic E-state index is 1.05. The van der Waals surface area contributed by atoms with Gasteiger partial charge in [-0.05, 0) is 338 Å². The van der Waals surface area contributed by atoms with Crippen LogP contribution in [0.3, 0.4) is 0 Å². The summed E-state index contributed by atoms with van der Waals surface area (Å²) < 4.78 is 0. The van der Waals surface area contributed by atoms with Crippen LogP contribution in [0.2, 0.25) is 0 Å². The van der Waals surface area contributed by atoms with Gasteiger partial charge in [-0.25, -0.2) is 0 Å². The average Bonchev–Trinajstić information content (AvgIpc) is 3.39. The van der Waals surface area contributed by atoms with Crippen LogP contribution in [0.4, 0.5) is 0 Å². The molecule has 0 N–H and O–H groups in total. The van der Waals surface area contributed by atoms with Crippen molar-refractivity contribution in [1.29, 1.82) is 0 Å². The zero-order valence-electron chi connectivity index (χ0n) is 33.0. The topological polar surface area (TPSA) is 0 Å². The lowest BCUT2D eigenvalue weighted by atomic mass is 8.65. The van der Waals surface area contributed by atoms with Crippen LogP contribution in [0.1, 0.15) is 32.1 Å². The predicted octanol–water partition coefficient (Wildman–Crippen LogP) is 6.62. The summed E-state index contributed by atoms with van der Waals surface area (Å²) in [5.74, 6) is 51.8. The fourth-order valence-electron chi connectivity index (χ4n) is 52.2. The van der Waals surface area contributed by atoms with E-state index in [4.69, 9.17) is 0 Å². The third-order valence-electron chi connectivity index (χ3n) is 44.6. The summed E-state index contributed by atoms with van der Waals surface area (Å²) >= 11 is 0. The molecule has 0 nitrogen and oxygen atoms in total. The van der Waals surface area contributed by atoms with E-state index in [-0.39, 0.29) is 0 Å². The SMILES string of the molecule is C1C2CC3C4C5C6C7C8C9C(CC%10C%11C%12C%13C%14C%15C%16C%17C%18C%19C%20CC%21CC%22C%23C%24C%25C%26C%27C%28C%29C%30C%31C8C%109C%11%31C%12%30C%13%29C%14%28C%15%27C%16%26C%17%25C%18%24C%19%23C%21%20%22)C8C7C67C8C6C8C1C23C84C657. The van der Waals surface area contributed by atoms with Gasteiger partial charge >= 0.3 is 0 Å². The van der Waals surface area contributed by atoms with Crippen LogP contribution < -0.4 is 0 Å². The minimum Gasteiger partial charge on any atom is -0.0461 e. The number of hydrogen-bond acceptors (Lipinski definition) is 0. The summed E-state index contributed by atoms with van der Waals surface area (Å²) in [7, 11) is 0. The first-order valence-electron chi connectivity index (χ1n) is 28.8. The van der Waals surface area contributed by atoms with Crippen molar-refractivity contribution >= 4 is 0 Å². The molecule has 58 heavy (non-hydrogen) atoms. The van der Waals surface area contributed by atoms with Crippen molar-refractivity contribution < 1.29 is 0 Å². The van der Waals surface area contributed by atoms with Gasteiger partial charge in [-0.1, -0.05) is 0 Å². The minimum absolute atomic E-state index is 1.05. The third kappa shape index (κ3) is 0.732. The third-order valence-corrected chi connectivity index (χ3v) is 44.6. The molecule has 0 bridgehead atoms. The van der Waals surface area contributed by atoms with Gasteiger partial charge in [0.2, 0.25) is 0 Å². The fourth-order valence-corrected chi connectivity index (χ4v) is 52.2. The molecule has 0 aromatic rings. The molecule has 35 rings (SSSR count). The van der Waals surface area contributed by atoms with E-state index in [2.05, 4.69) is 0 Å². The van der Waals surface area contributed by atoms with E-state index < -0.39 is 0 Å². The van der Waals surface area contributed by atoms with Crippen LogP contribution in [0.25, 0.3) is 0 Å². The van der Waals surface area contributed by atoms with Gasteiger partial charge in [0.05, 0.1) is 0 Å². The molecule has 0 aliphatic heterocycles. The second-order valence-electron chi connectivity index (χ2n) is 35.5. The first-order valence-corrected chi connectivity index (χ1v) is 28.8. The van der Waals surface area contributed by atoms with E-state index in [0.717, 1.165) is 81.2 Å². The van der Waals surface area contributed by atoms with Gasteiger partial charge in [0, 0.05) is 0 Å². The molecule has 35 saturated carbocycles. The molecule has 53 atom stereocenters. The van der Waals surface area contributed by atoms with Crippen molar-refractivity contribution in [3.63, 3.8) is 0 Å². The van der Waals surface area contributed by atoms with Gasteiger partial charge in [0.1, 0.15) is 0 Å². The second-order valence-corrected chi connectivity index (χ2v) is 35.5. The summed E-state index contributed by atoms with van der Waals surface area (Å²) in [6.45, 7) is 0. The molecule has 0 heterocycles. The Labute approximate surface area is 336 Å². The summed E-state index contributed by atoms with van der Waals surface area (Å²) in [6, 6.07) is 0. The average molecular weight is 745 g/mol. The maximum Gasteiger partial charge on any atom is -0.00932 e. The fraction of sp³-hybridized carbons (Fsp3) is 1.00. The van der Waals surface area contributed by atoms with Gasteiger partial charge in [0.25, 0.3) is 0 Å². The first-order chi connectivity index (χ1) is 28.8. The smallest absolute Gasteiger partial charge is 0.00932 e. The Kier molecular flexibility index (Phi) is 1.57. The lowest BCUT2D eigenvalue weighted by Gasteiger charge is -3.38. The number of hydrogen-bond donors (Lipinski definition) is 0. The first kappa shape index (κ1) is 22.3. The van der Waals surface area contributed by atoms with Crippen molar-refractivity contribution in [2.24, 2.45) is 306 Å². The molecule has 0 radical (unpaired) electrons. The van der Waals surface area contributed by atoms with Crippen LogP contribution in [0.5, 0.6) is 0 Å². The van der Waals surface area contributed by atoms with Crippen molar-refractivity contribution in [3.05, 3.63) is 0 Å². The van der Waals surface area contributed by atoms with Crippen molar-refractivity contribution in [2.75, 3.05) is 0 Å². The zero-order chi connectivity index (χ0) is 33.0. The maximum atomic E-state index is 1.88. The van der Waals surface area contributed by atoms with Gasteiger partial charge in [-0.2, -0.15) is 0 Å². The highest BCUT2D eigenvalue weighted by atomic mass is 15.4. The summed E-state index contributed by atoms with van der Waals surface area (Å²) in [5, 5.41) is 0. The Morgan fingerprint density at radius 3 is 0.948 bits per heavy atom. The highest BCUT2D eigenvalue weighted by molar-refractivity contribution is 5.83. The molecule has 53 unspecified atom stereocenters. The normalized spacial score (nSPS) is 122. The van der Waals surface area contributed by atoms with E-state index in [1.54, 1.807) is 25.7 Å². The monoisotopic (exact) mass is 744 g/mol. The van der Waals surface area contributed by atoms with Crippen molar-refractivity contribution in [3.8, 4) is 0 Å². The van der Waals surface area contributed by atoms with E-state index in [1.165, 1.54) is 225 Å². The lowest BCUT2D eigenvalue weighted by molar-refractivity contribution is -0.927. The van der Waals surface area contributed by atoms with Gasteiger partial charge in [0.15, 0.2) is 0 Å². The van der Waals surface area contributed by atoms with Gasteiger partial charge in [-0.3, -0.25) is 0 Å². The molecular weight excluding hydrogens is 697 g/mol. The number of rotatable bonds is 0. The van der Waals surface area contributed by atoms with Gasteiger partial charge < -0.3 is 0 Å². The Morgan fingerprint density at radius 1 is 0.190 bits per heavy atom. The Balaban J connectivity index is 0.575. The lowest BCUT2D eigenvalue weighted by Crippen LogP contribution is -3.36. The molecule has 35 fully saturated rings. The number of fused-ring (bicyclic) bond motifs is 31. The summed E-state index contributed by atoms with van der Waals surface area (Å²) in [4.78, 5) is 0. The van der Waals surface area contributed by atoms with Crippen molar-refractivity contribution in [2.45, 2.75) is 32.1 Å². The Hall–Kier alpha value is 0. The quantitative estimate of drug-likeness (QED) is 0.262. The van der Waals surface area contributed by atoms with E-state index >= 15 is 0 Å². The van der Waals surface area contributed by atoms with Crippen LogP contribution >= 0.6 is 0 Å². The molecule has 35 aliphatic rings. The predicted molar refractivity (Wildman–Crippen MR) is 192 cm³/mol. The van der Waals surface area contributed by atoms with Crippen LogP contribution in [-0.2, 0) is 0 Å². The summed E-state index contributed by atoms with van der Waals surface area (Å²) in [5.41, 5.74) is 16.2. The zero-order valence-corrected chi connectivity index (χ0v) is 33.0. The molecule has 0 amide bonds. The molecule has 0 heteroatoms. The molecular formula is C58H48. The molecule has 15 spiro atoms. The van der Waals surface area contributed by atoms with Crippen LogP contribution in [-0.4, -0.2) is 0 Å². The second kappa shape index (κ2) is 4.09. The highest BCUT2D eigenvalue weighted by Crippen LogP contribution is 3.40. The highest BCUT2D eigenvalue weighted by Gasteiger charge is 3.38. The molecule has 280 valence electrons. The molecule has 0 saturated heterocycles. The van der Waals surface area contributed by atoms with E-state index in [0.29, 0.717) is 0 Å². The molecule has 0 aromatic heterocycles. The van der Waals surface area contributed by atoms with Crippen molar-refractivity contribution in [1.82, 2.24) is 0 Å². The largest absolute Gasteiger partial charge is 0.0461 e.